The van der Waals surface area contributed by atoms with Gasteiger partial charge in [0.2, 0.25) is 0 Å². The molecule has 0 aromatic carbocycles. The molecule has 1 N–H and O–H groups in total. The van der Waals surface area contributed by atoms with Crippen molar-refractivity contribution in [3.63, 3.8) is 0 Å². The second-order valence-corrected chi connectivity index (χ2v) is 3.56. The van der Waals surface area contributed by atoms with Crippen molar-refractivity contribution in [2.45, 2.75) is 6.92 Å². The molecule has 2 aromatic heterocycles. The van der Waals surface area contributed by atoms with Gasteiger partial charge in [0.15, 0.2) is 5.76 Å². The Morgan fingerprint density at radius 2 is 2.25 bits per heavy atom. The highest BCUT2D eigenvalue weighted by Gasteiger charge is 2.17. The van der Waals surface area contributed by atoms with Crippen LogP contribution in [0.3, 0.4) is 0 Å². The van der Waals surface area contributed by atoms with Crippen molar-refractivity contribution in [1.29, 1.82) is 0 Å². The largest absolute Gasteiger partial charge is 0.477 e. The van der Waals surface area contributed by atoms with Gasteiger partial charge in [0.25, 0.3) is 0 Å². The molecule has 2 aromatic rings. The fourth-order valence-electron chi connectivity index (χ4n) is 1.28. The van der Waals surface area contributed by atoms with Crippen molar-refractivity contribution in [2.75, 3.05) is 0 Å². The Hall–Kier alpha value is -1.88. The highest BCUT2D eigenvalue weighted by atomic mass is 35.5. The molecule has 2 rings (SSSR count). The Bertz CT molecular complexity index is 551. The van der Waals surface area contributed by atoms with Crippen molar-refractivity contribution in [3.8, 4) is 11.3 Å². The quantitative estimate of drug-likeness (QED) is 0.813. The van der Waals surface area contributed by atoms with E-state index in [1.54, 1.807) is 13.0 Å². The van der Waals surface area contributed by atoms with Crippen molar-refractivity contribution in [2.24, 2.45) is 0 Å². The first-order chi connectivity index (χ1) is 7.59. The molecule has 0 unspecified atom stereocenters. The number of hydrogen-bond acceptors (Lipinski definition) is 4. The van der Waals surface area contributed by atoms with E-state index in [-0.39, 0.29) is 11.3 Å². The third-order valence-corrected chi connectivity index (χ3v) is 2.47. The molecule has 0 fully saturated rings. The van der Waals surface area contributed by atoms with Gasteiger partial charge in [0.1, 0.15) is 10.7 Å². The van der Waals surface area contributed by atoms with E-state index in [1.807, 2.05) is 0 Å². The average molecular weight is 239 g/mol. The maximum atomic E-state index is 10.9. The smallest absolute Gasteiger partial charge is 0.341 e. The first-order valence-electron chi connectivity index (χ1n) is 4.40. The second kappa shape index (κ2) is 3.94. The number of aryl methyl sites for hydroxylation is 1. The molecule has 0 atom stereocenters. The van der Waals surface area contributed by atoms with Gasteiger partial charge in [-0.3, -0.25) is 0 Å². The van der Waals surface area contributed by atoms with E-state index in [2.05, 4.69) is 10.1 Å². The van der Waals surface area contributed by atoms with Crippen LogP contribution >= 0.6 is 11.6 Å². The Balaban J connectivity index is 2.54. The van der Waals surface area contributed by atoms with Gasteiger partial charge < -0.3 is 9.63 Å². The lowest BCUT2D eigenvalue weighted by Gasteiger charge is -2.00. The molecule has 0 spiro atoms. The van der Waals surface area contributed by atoms with Gasteiger partial charge in [-0.1, -0.05) is 16.8 Å². The summed E-state index contributed by atoms with van der Waals surface area (Å²) in [6, 6.07) is 1.70. The fraction of sp³-hybridized carbons (Fsp3) is 0.100. The lowest BCUT2D eigenvalue weighted by atomic mass is 10.1. The molecule has 2 heterocycles. The monoisotopic (exact) mass is 238 g/mol. The number of pyridine rings is 1. The zero-order valence-corrected chi connectivity index (χ0v) is 9.02. The molecule has 0 saturated heterocycles. The van der Waals surface area contributed by atoms with Crippen LogP contribution in [0.1, 0.15) is 15.9 Å². The van der Waals surface area contributed by atoms with Crippen LogP contribution in [0, 0.1) is 6.92 Å². The van der Waals surface area contributed by atoms with Gasteiger partial charge in [-0.2, -0.15) is 0 Å². The van der Waals surface area contributed by atoms with Gasteiger partial charge in [-0.15, -0.1) is 0 Å². The summed E-state index contributed by atoms with van der Waals surface area (Å²) in [4.78, 5) is 14.8. The molecule has 0 saturated carbocycles. The first-order valence-corrected chi connectivity index (χ1v) is 4.78. The van der Waals surface area contributed by atoms with Crippen LogP contribution in [0.2, 0.25) is 5.15 Å². The summed E-state index contributed by atoms with van der Waals surface area (Å²) in [6.07, 6.45) is 2.60. The summed E-state index contributed by atoms with van der Waals surface area (Å²) in [5.41, 5.74) is 1.28. The molecule has 82 valence electrons. The van der Waals surface area contributed by atoms with E-state index < -0.39 is 5.97 Å². The molecule has 0 bridgehead atoms. The Labute approximate surface area is 95.7 Å². The Morgan fingerprint density at radius 1 is 1.50 bits per heavy atom. The number of carbonyl (C=O) groups is 1. The number of aromatic carboxylic acids is 1. The van der Waals surface area contributed by atoms with Gasteiger partial charge >= 0.3 is 5.97 Å². The predicted molar refractivity (Wildman–Crippen MR) is 56.4 cm³/mol. The number of nitrogens with zero attached hydrogens (tertiary/aromatic N) is 2. The van der Waals surface area contributed by atoms with Crippen LogP contribution < -0.4 is 0 Å². The maximum Gasteiger partial charge on any atom is 0.341 e. The first kappa shape index (κ1) is 10.6. The SMILES string of the molecule is Cc1cc(-c2oncc2C(=O)O)cnc1Cl. The van der Waals surface area contributed by atoms with Gasteiger partial charge in [0, 0.05) is 11.8 Å². The summed E-state index contributed by atoms with van der Waals surface area (Å²) in [7, 11) is 0. The normalized spacial score (nSPS) is 10.4. The molecule has 0 aliphatic carbocycles. The van der Waals surface area contributed by atoms with Crippen molar-refractivity contribution in [3.05, 3.63) is 34.7 Å². The molecule has 5 nitrogen and oxygen atoms in total. The molecule has 0 aliphatic rings. The Kier molecular flexibility index (Phi) is 2.62. The standard InChI is InChI=1S/C10H7ClN2O3/c1-5-2-6(3-12-9(5)11)8-7(10(14)15)4-13-16-8/h2-4H,1H3,(H,14,15). The third kappa shape index (κ3) is 1.77. The van der Waals surface area contributed by atoms with Gasteiger partial charge in [-0.05, 0) is 18.6 Å². The number of carboxylic acid groups (broad SMARTS) is 1. The van der Waals surface area contributed by atoms with Gasteiger partial charge in [0.05, 0.1) is 6.20 Å². The number of rotatable bonds is 2. The molecule has 0 aliphatic heterocycles. The van der Waals surface area contributed by atoms with Crippen LogP contribution in [0.5, 0.6) is 0 Å². The molecule has 16 heavy (non-hydrogen) atoms. The average Bonchev–Trinajstić information content (AvgIpc) is 2.71. The summed E-state index contributed by atoms with van der Waals surface area (Å²) in [5, 5.41) is 12.7. The van der Waals surface area contributed by atoms with Gasteiger partial charge in [-0.25, -0.2) is 9.78 Å². The van der Waals surface area contributed by atoms with E-state index in [1.165, 1.54) is 6.20 Å². The minimum atomic E-state index is -1.09. The van der Waals surface area contributed by atoms with Crippen molar-refractivity contribution >= 4 is 17.6 Å². The molecule has 6 heteroatoms. The lowest BCUT2D eigenvalue weighted by Crippen LogP contribution is -1.96. The van der Waals surface area contributed by atoms with Crippen LogP contribution in [0.25, 0.3) is 11.3 Å². The highest BCUT2D eigenvalue weighted by Crippen LogP contribution is 2.25. The van der Waals surface area contributed by atoms with E-state index in [0.717, 1.165) is 11.8 Å². The fourth-order valence-corrected chi connectivity index (χ4v) is 1.39. The Morgan fingerprint density at radius 3 is 2.88 bits per heavy atom. The zero-order chi connectivity index (χ0) is 11.7. The maximum absolute atomic E-state index is 10.9. The number of hydrogen-bond donors (Lipinski definition) is 1. The van der Waals surface area contributed by atoms with Crippen LogP contribution in [-0.4, -0.2) is 21.2 Å². The summed E-state index contributed by atoms with van der Waals surface area (Å²) in [5.74, 6) is -0.913. The minimum Gasteiger partial charge on any atom is -0.477 e. The van der Waals surface area contributed by atoms with Crippen molar-refractivity contribution in [1.82, 2.24) is 10.1 Å². The van der Waals surface area contributed by atoms with E-state index >= 15 is 0 Å². The molecular weight excluding hydrogens is 232 g/mol. The summed E-state index contributed by atoms with van der Waals surface area (Å²) in [6.45, 7) is 1.77. The number of carboxylic acids is 1. The summed E-state index contributed by atoms with van der Waals surface area (Å²) >= 11 is 5.77. The molecular formula is C10H7ClN2O3. The van der Waals surface area contributed by atoms with E-state index in [4.69, 9.17) is 21.2 Å². The highest BCUT2D eigenvalue weighted by molar-refractivity contribution is 6.30. The lowest BCUT2D eigenvalue weighted by molar-refractivity contribution is 0.0697. The number of aromatic nitrogens is 2. The second-order valence-electron chi connectivity index (χ2n) is 3.21. The van der Waals surface area contributed by atoms with E-state index in [9.17, 15) is 4.79 Å². The van der Waals surface area contributed by atoms with Crippen LogP contribution in [-0.2, 0) is 0 Å². The predicted octanol–water partition coefficient (Wildman–Crippen LogP) is 2.40. The van der Waals surface area contributed by atoms with E-state index in [0.29, 0.717) is 10.7 Å². The molecule has 0 amide bonds. The topological polar surface area (TPSA) is 76.2 Å². The van der Waals surface area contributed by atoms with Crippen LogP contribution in [0.4, 0.5) is 0 Å². The van der Waals surface area contributed by atoms with Crippen LogP contribution in [0.15, 0.2) is 23.0 Å². The minimum absolute atomic E-state index is 0.00326. The summed E-state index contributed by atoms with van der Waals surface area (Å²) < 4.78 is 4.89. The molecule has 0 radical (unpaired) electrons. The zero-order valence-electron chi connectivity index (χ0n) is 8.27. The third-order valence-electron chi connectivity index (χ3n) is 2.08. The van der Waals surface area contributed by atoms with Crippen molar-refractivity contribution < 1.29 is 14.4 Å². The number of halogens is 1.